The van der Waals surface area contributed by atoms with E-state index in [1.54, 1.807) is 22.0 Å². The smallest absolute Gasteiger partial charge is 0.210 e. The van der Waals surface area contributed by atoms with Crippen LogP contribution in [0.1, 0.15) is 29.6 Å². The van der Waals surface area contributed by atoms with Crippen molar-refractivity contribution in [2.75, 3.05) is 6.54 Å². The number of hydrogen-bond acceptors (Lipinski definition) is 7. The molecule has 10 heteroatoms. The van der Waals surface area contributed by atoms with E-state index in [0.29, 0.717) is 23.1 Å². The Morgan fingerprint density at radius 3 is 2.95 bits per heavy atom. The lowest BCUT2D eigenvalue weighted by molar-refractivity contribution is 0.583. The molecule has 0 aliphatic heterocycles. The minimum absolute atomic E-state index is 0.323. The highest BCUT2D eigenvalue weighted by Gasteiger charge is 2.30. The molecule has 0 unspecified atom stereocenters. The maximum absolute atomic E-state index is 12.0. The number of nitrogens with one attached hydrogen (secondary N) is 1. The van der Waals surface area contributed by atoms with Crippen LogP contribution in [0.3, 0.4) is 0 Å². The molecule has 0 bridgehead atoms. The molecule has 1 aliphatic rings. The number of nitrogens with zero attached hydrogens (tertiary/aromatic N) is 4. The van der Waals surface area contributed by atoms with Crippen LogP contribution in [0.2, 0.25) is 0 Å². The molecule has 22 heavy (non-hydrogen) atoms. The van der Waals surface area contributed by atoms with E-state index < -0.39 is 10.0 Å². The van der Waals surface area contributed by atoms with Gasteiger partial charge in [-0.1, -0.05) is 17.4 Å². The maximum Gasteiger partial charge on any atom is 0.250 e. The molecule has 1 fully saturated rings. The van der Waals surface area contributed by atoms with Gasteiger partial charge in [0.2, 0.25) is 15.0 Å². The molecule has 3 heterocycles. The summed E-state index contributed by atoms with van der Waals surface area (Å²) in [4.78, 5) is 0.776. The minimum atomic E-state index is -3.40. The van der Waals surface area contributed by atoms with Crippen LogP contribution in [0.25, 0.3) is 4.96 Å². The van der Waals surface area contributed by atoms with Crippen molar-refractivity contribution in [3.63, 3.8) is 0 Å². The minimum Gasteiger partial charge on any atom is -0.210 e. The molecule has 0 radical (unpaired) electrons. The van der Waals surface area contributed by atoms with Crippen LogP contribution < -0.4 is 4.72 Å². The van der Waals surface area contributed by atoms with Crippen molar-refractivity contribution in [3.8, 4) is 0 Å². The van der Waals surface area contributed by atoms with Gasteiger partial charge >= 0.3 is 0 Å². The summed E-state index contributed by atoms with van der Waals surface area (Å²) in [5, 5.41) is 15.4. The first-order chi connectivity index (χ1) is 10.6. The van der Waals surface area contributed by atoms with E-state index in [1.165, 1.54) is 22.7 Å². The monoisotopic (exact) mass is 355 g/mol. The van der Waals surface area contributed by atoms with Gasteiger partial charge < -0.3 is 0 Å². The Hall–Kier alpha value is -1.36. The van der Waals surface area contributed by atoms with Gasteiger partial charge in [0.1, 0.15) is 9.22 Å². The molecule has 116 valence electrons. The topological polar surface area (TPSA) is 89.2 Å². The summed E-state index contributed by atoms with van der Waals surface area (Å²) in [6, 6.07) is 3.32. The summed E-state index contributed by atoms with van der Waals surface area (Å²) < 4.78 is 28.8. The maximum atomic E-state index is 12.0. The van der Waals surface area contributed by atoms with E-state index in [2.05, 4.69) is 20.0 Å². The molecule has 3 aromatic rings. The largest absolute Gasteiger partial charge is 0.250 e. The Morgan fingerprint density at radius 1 is 1.36 bits per heavy atom. The van der Waals surface area contributed by atoms with Gasteiger partial charge in [-0.3, -0.25) is 0 Å². The van der Waals surface area contributed by atoms with Gasteiger partial charge in [0.25, 0.3) is 0 Å². The Balaban J connectivity index is 1.43. The average Bonchev–Trinajstić information content (AvgIpc) is 2.92. The third-order valence-electron chi connectivity index (χ3n) is 3.39. The van der Waals surface area contributed by atoms with Crippen LogP contribution in [-0.2, 0) is 16.4 Å². The second-order valence-corrected chi connectivity index (χ2v) is 9.08. The number of thiophene rings is 1. The Kier molecular flexibility index (Phi) is 3.48. The summed E-state index contributed by atoms with van der Waals surface area (Å²) in [6.45, 7) is 0.323. The van der Waals surface area contributed by atoms with Crippen LogP contribution in [0.15, 0.2) is 21.7 Å². The third kappa shape index (κ3) is 2.67. The fraction of sp³-hybridized carbons (Fsp3) is 0.417. The lowest BCUT2D eigenvalue weighted by Gasteiger charge is -2.02. The number of aromatic nitrogens is 4. The first-order valence-corrected chi connectivity index (χ1v) is 10.1. The molecule has 3 aromatic heterocycles. The number of sulfonamides is 1. The molecule has 4 rings (SSSR count). The number of hydrogen-bond donors (Lipinski definition) is 1. The Bertz CT molecular complexity index is 893. The molecule has 0 aromatic carbocycles. The molecule has 0 spiro atoms. The predicted molar refractivity (Wildman–Crippen MR) is 83.8 cm³/mol. The molecular formula is C12H13N5O2S3. The second-order valence-electron chi connectivity index (χ2n) is 5.10. The van der Waals surface area contributed by atoms with Gasteiger partial charge in [-0.05, 0) is 24.3 Å². The summed E-state index contributed by atoms with van der Waals surface area (Å²) in [5.74, 6) is 1.42. The first-order valence-electron chi connectivity index (χ1n) is 6.88. The predicted octanol–water partition coefficient (Wildman–Crippen LogP) is 1.65. The molecular weight excluding hydrogens is 342 g/mol. The zero-order valence-corrected chi connectivity index (χ0v) is 13.9. The van der Waals surface area contributed by atoms with Crippen LogP contribution >= 0.6 is 22.7 Å². The molecule has 7 nitrogen and oxygen atoms in total. The van der Waals surface area contributed by atoms with Crippen molar-refractivity contribution >= 4 is 37.7 Å². The molecule has 0 atom stereocenters. The highest BCUT2D eigenvalue weighted by atomic mass is 32.2. The lowest BCUT2D eigenvalue weighted by atomic mass is 10.4. The first kappa shape index (κ1) is 14.2. The van der Waals surface area contributed by atoms with Gasteiger partial charge in [-0.15, -0.1) is 21.5 Å². The van der Waals surface area contributed by atoms with Gasteiger partial charge in [0.15, 0.2) is 5.82 Å². The van der Waals surface area contributed by atoms with Crippen molar-refractivity contribution in [1.29, 1.82) is 0 Å². The van der Waals surface area contributed by atoms with E-state index in [1.807, 2.05) is 0 Å². The van der Waals surface area contributed by atoms with Gasteiger partial charge in [0.05, 0.1) is 0 Å². The van der Waals surface area contributed by atoms with Crippen LogP contribution in [0, 0.1) is 0 Å². The average molecular weight is 355 g/mol. The fourth-order valence-corrected chi connectivity index (χ4v) is 5.06. The molecule has 0 amide bonds. The zero-order valence-electron chi connectivity index (χ0n) is 11.5. The summed E-state index contributed by atoms with van der Waals surface area (Å²) in [5.41, 5.74) is 0. The molecule has 1 N–H and O–H groups in total. The summed E-state index contributed by atoms with van der Waals surface area (Å²) >= 11 is 2.66. The summed E-state index contributed by atoms with van der Waals surface area (Å²) in [6.07, 6.45) is 2.84. The Morgan fingerprint density at radius 2 is 2.23 bits per heavy atom. The second kappa shape index (κ2) is 5.37. The van der Waals surface area contributed by atoms with Crippen LogP contribution in [0.5, 0.6) is 0 Å². The van der Waals surface area contributed by atoms with Crippen molar-refractivity contribution < 1.29 is 8.42 Å². The van der Waals surface area contributed by atoms with Crippen LogP contribution in [0.4, 0.5) is 0 Å². The number of rotatable bonds is 6. The van der Waals surface area contributed by atoms with E-state index in [0.717, 1.165) is 28.6 Å². The van der Waals surface area contributed by atoms with Gasteiger partial charge in [-0.25, -0.2) is 13.1 Å². The van der Waals surface area contributed by atoms with E-state index in [9.17, 15) is 8.42 Å². The molecule has 1 saturated carbocycles. The molecule has 1 aliphatic carbocycles. The lowest BCUT2D eigenvalue weighted by Crippen LogP contribution is -2.25. The highest BCUT2D eigenvalue weighted by molar-refractivity contribution is 7.91. The fourth-order valence-electron chi connectivity index (χ4n) is 2.15. The highest BCUT2D eigenvalue weighted by Crippen LogP contribution is 2.39. The van der Waals surface area contributed by atoms with E-state index in [4.69, 9.17) is 0 Å². The third-order valence-corrected chi connectivity index (χ3v) is 7.21. The normalized spacial score (nSPS) is 15.6. The molecule has 0 saturated heterocycles. The Labute approximate surface area is 135 Å². The van der Waals surface area contributed by atoms with Crippen molar-refractivity contribution in [2.24, 2.45) is 0 Å². The summed E-state index contributed by atoms with van der Waals surface area (Å²) in [7, 11) is -3.40. The number of fused-ring (bicyclic) bond motifs is 1. The van der Waals surface area contributed by atoms with E-state index in [-0.39, 0.29) is 0 Å². The van der Waals surface area contributed by atoms with Crippen molar-refractivity contribution in [2.45, 2.75) is 29.4 Å². The van der Waals surface area contributed by atoms with Crippen LogP contribution in [-0.4, -0.2) is 34.8 Å². The quantitative estimate of drug-likeness (QED) is 0.726. The van der Waals surface area contributed by atoms with Gasteiger partial charge in [0, 0.05) is 18.9 Å². The van der Waals surface area contributed by atoms with E-state index >= 15 is 0 Å². The SMILES string of the molecule is O=S(=O)(NCCc1nn2c(C3CC3)nnc2s1)c1cccs1. The zero-order chi connectivity index (χ0) is 15.2. The van der Waals surface area contributed by atoms with Crippen molar-refractivity contribution in [1.82, 2.24) is 24.5 Å². The van der Waals surface area contributed by atoms with Gasteiger partial charge in [-0.2, -0.15) is 9.61 Å². The standard InChI is InChI=1S/C12H13N5O2S3/c18-22(19,10-2-1-7-20-10)13-6-5-9-16-17-11(8-3-4-8)14-15-12(17)21-9/h1-2,7-8,13H,3-6H2. The van der Waals surface area contributed by atoms with Crippen molar-refractivity contribution in [3.05, 3.63) is 28.3 Å².